The number of hydrogen-bond acceptors (Lipinski definition) is 12. The van der Waals surface area contributed by atoms with Gasteiger partial charge in [-0.3, -0.25) is 4.79 Å². The lowest BCUT2D eigenvalue weighted by Gasteiger charge is -2.61. The number of hydrogen-bond donors (Lipinski definition) is 3. The number of likely N-dealkylation sites (N-methyl/N-ethyl adjacent to an activating group) is 1. The van der Waals surface area contributed by atoms with Crippen LogP contribution in [0.5, 0.6) is 5.75 Å². The highest BCUT2D eigenvalue weighted by molar-refractivity contribution is 5.88. The summed E-state index contributed by atoms with van der Waals surface area (Å²) in [6.07, 6.45) is -0.865. The number of benzene rings is 1. The van der Waals surface area contributed by atoms with Gasteiger partial charge in [0.1, 0.15) is 28.8 Å². The van der Waals surface area contributed by atoms with Gasteiger partial charge in [-0.05, 0) is 86.5 Å². The summed E-state index contributed by atoms with van der Waals surface area (Å²) in [6.45, 7) is 11.6. The molecule has 1 saturated heterocycles. The number of carbonyl (C=O) groups excluding carboxylic acids is 4. The minimum atomic E-state index is -1.51. The molecule has 3 N–H and O–H groups in total. The van der Waals surface area contributed by atoms with E-state index in [-0.39, 0.29) is 24.8 Å². The van der Waals surface area contributed by atoms with Gasteiger partial charge in [-0.15, -0.1) is 0 Å². The Morgan fingerprint density at radius 2 is 1.77 bits per heavy atom. The van der Waals surface area contributed by atoms with E-state index in [1.165, 1.54) is 6.92 Å². The molecule has 4 aliphatic rings. The van der Waals surface area contributed by atoms with E-state index < -0.39 is 70.9 Å². The van der Waals surface area contributed by atoms with Gasteiger partial charge in [0.2, 0.25) is 0 Å². The lowest BCUT2D eigenvalue weighted by Crippen LogP contribution is -2.74. The number of nitrogens with zero attached hydrogens (tertiary/aromatic N) is 1. The number of rotatable bonds is 8. The van der Waals surface area contributed by atoms with E-state index in [9.17, 15) is 29.4 Å². The highest BCUT2D eigenvalue weighted by Gasteiger charge is 2.72. The van der Waals surface area contributed by atoms with Crippen LogP contribution in [0.15, 0.2) is 24.0 Å². The molecule has 13 nitrogen and oxygen atoms in total. The molecule has 1 aromatic carbocycles. The summed E-state index contributed by atoms with van der Waals surface area (Å²) < 4.78 is 28.3. The fourth-order valence-electron chi connectivity index (χ4n) is 7.33. The summed E-state index contributed by atoms with van der Waals surface area (Å²) in [4.78, 5) is 53.9. The lowest BCUT2D eigenvalue weighted by atomic mass is 9.50. The van der Waals surface area contributed by atoms with Crippen molar-refractivity contribution >= 4 is 24.0 Å². The first-order valence-corrected chi connectivity index (χ1v) is 16.0. The Morgan fingerprint density at radius 3 is 2.40 bits per heavy atom. The van der Waals surface area contributed by atoms with E-state index in [0.29, 0.717) is 30.7 Å². The zero-order valence-corrected chi connectivity index (χ0v) is 28.3. The van der Waals surface area contributed by atoms with Gasteiger partial charge >= 0.3 is 24.0 Å². The van der Waals surface area contributed by atoms with Crippen molar-refractivity contribution in [3.63, 3.8) is 0 Å². The number of nitrogens with one attached hydrogen (secondary N) is 1. The van der Waals surface area contributed by atoms with E-state index in [4.69, 9.17) is 23.7 Å². The third-order valence-corrected chi connectivity index (χ3v) is 9.24. The van der Waals surface area contributed by atoms with E-state index in [2.05, 4.69) is 10.2 Å². The number of piperidine rings is 1. The van der Waals surface area contributed by atoms with Gasteiger partial charge in [0.05, 0.1) is 24.0 Å². The van der Waals surface area contributed by atoms with E-state index in [1.54, 1.807) is 47.6 Å². The third-order valence-electron chi connectivity index (χ3n) is 9.24. The molecule has 0 radical (unpaired) electrons. The molecule has 1 fully saturated rings. The Morgan fingerprint density at radius 1 is 1.09 bits per heavy atom. The zero-order chi connectivity index (χ0) is 34.7. The minimum absolute atomic E-state index is 0.177. The molecule has 5 rings (SSSR count). The maximum absolute atomic E-state index is 13.4. The standard InChI is InChI=1S/C34H46N2O11/c1-18(43-29(40)21(16-24(38)46-31(2,3)4)35-30(41)47-32(5,6)7)28(39)44-22-11-12-34(42)23-15-19-9-10-20(17-37)26-25(19)33(34,27(22)45-26)13-14-36(23)8/h9-11,18,21,23,27,37,42H,12-17H2,1-8H3,(H,35,41)/t18-,21-,23+,27-,33-,34+/m0/s1. The molecule has 2 aliphatic carbocycles. The second kappa shape index (κ2) is 12.1. The SMILES string of the molecule is C[C@H](OC(=O)[C@H](CC(=O)OC(C)(C)C)NC(=O)OC(C)(C)C)C(=O)OC1=CC[C@@]2(O)[C@H]3Cc4ccc(CO)c5c4[C@@]2(CCN3C)[C@H]1O5. The monoisotopic (exact) mass is 658 g/mol. The van der Waals surface area contributed by atoms with Crippen molar-refractivity contribution in [2.24, 2.45) is 0 Å². The second-order valence-corrected chi connectivity index (χ2v) is 14.9. The Labute approximate surface area is 274 Å². The molecule has 1 spiro atoms. The fraction of sp³-hybridized carbons (Fsp3) is 0.647. The van der Waals surface area contributed by atoms with E-state index in [0.717, 1.165) is 11.1 Å². The van der Waals surface area contributed by atoms with E-state index in [1.807, 2.05) is 19.2 Å². The number of carbonyl (C=O) groups is 4. The molecule has 1 aromatic rings. The Balaban J connectivity index is 1.35. The van der Waals surface area contributed by atoms with Crippen molar-refractivity contribution in [2.45, 2.75) is 127 Å². The van der Waals surface area contributed by atoms with Crippen molar-refractivity contribution < 1.29 is 53.1 Å². The highest BCUT2D eigenvalue weighted by Crippen LogP contribution is 2.64. The fourth-order valence-corrected chi connectivity index (χ4v) is 7.33. The second-order valence-electron chi connectivity index (χ2n) is 14.9. The van der Waals surface area contributed by atoms with Crippen LogP contribution in [-0.2, 0) is 51.8 Å². The summed E-state index contributed by atoms with van der Waals surface area (Å²) in [5, 5.41) is 24.8. The average molecular weight is 659 g/mol. The quantitative estimate of drug-likeness (QED) is 0.276. The predicted octanol–water partition coefficient (Wildman–Crippen LogP) is 2.56. The largest absolute Gasteiger partial charge is 0.481 e. The summed E-state index contributed by atoms with van der Waals surface area (Å²) in [5.41, 5.74) is -1.42. The van der Waals surface area contributed by atoms with Gasteiger partial charge in [-0.25, -0.2) is 14.4 Å². The molecular weight excluding hydrogens is 612 g/mol. The van der Waals surface area contributed by atoms with E-state index >= 15 is 0 Å². The van der Waals surface area contributed by atoms with Crippen LogP contribution >= 0.6 is 0 Å². The van der Waals surface area contributed by atoms with Gasteiger partial charge in [0, 0.05) is 23.6 Å². The van der Waals surface area contributed by atoms with Crippen molar-refractivity contribution in [1.82, 2.24) is 10.2 Å². The molecule has 1 amide bonds. The van der Waals surface area contributed by atoms with Crippen LogP contribution in [0, 0.1) is 0 Å². The number of aliphatic hydroxyl groups excluding tert-OH is 1. The topological polar surface area (TPSA) is 170 Å². The van der Waals surface area contributed by atoms with Crippen LogP contribution in [0.4, 0.5) is 4.79 Å². The number of aliphatic hydroxyl groups is 2. The van der Waals surface area contributed by atoms with Crippen LogP contribution in [0.3, 0.4) is 0 Å². The Bertz CT molecular complexity index is 1460. The van der Waals surface area contributed by atoms with Crippen LogP contribution in [0.1, 0.15) is 84.4 Å². The molecule has 0 unspecified atom stereocenters. The number of ether oxygens (including phenoxy) is 5. The molecule has 0 aromatic heterocycles. The summed E-state index contributed by atoms with van der Waals surface area (Å²) in [6, 6.07) is 2.07. The van der Waals surface area contributed by atoms with Gasteiger partial charge in [-0.1, -0.05) is 12.1 Å². The van der Waals surface area contributed by atoms with Crippen molar-refractivity contribution in [2.75, 3.05) is 13.6 Å². The number of esters is 3. The molecule has 258 valence electrons. The minimum Gasteiger partial charge on any atom is -0.481 e. The first-order valence-electron chi connectivity index (χ1n) is 16.0. The van der Waals surface area contributed by atoms with Gasteiger partial charge in [0.15, 0.2) is 12.2 Å². The maximum atomic E-state index is 13.4. The molecule has 13 heteroatoms. The van der Waals surface area contributed by atoms with Crippen LogP contribution in [-0.4, -0.2) is 93.8 Å². The smallest absolute Gasteiger partial charge is 0.408 e. The number of amides is 1. The first-order chi connectivity index (χ1) is 21.8. The summed E-state index contributed by atoms with van der Waals surface area (Å²) in [7, 11) is 1.98. The molecule has 0 saturated carbocycles. The Kier molecular flexibility index (Phi) is 8.91. The summed E-state index contributed by atoms with van der Waals surface area (Å²) in [5.74, 6) is -2.08. The van der Waals surface area contributed by atoms with Crippen molar-refractivity contribution in [1.29, 1.82) is 0 Å². The molecule has 47 heavy (non-hydrogen) atoms. The van der Waals surface area contributed by atoms with Crippen LogP contribution in [0.2, 0.25) is 0 Å². The average Bonchev–Trinajstić information content (AvgIpc) is 3.30. The number of alkyl carbamates (subject to hydrolysis) is 1. The first kappa shape index (κ1) is 34.6. The highest BCUT2D eigenvalue weighted by atomic mass is 16.6. The van der Waals surface area contributed by atoms with Crippen molar-refractivity contribution in [3.05, 3.63) is 40.7 Å². The van der Waals surface area contributed by atoms with Crippen molar-refractivity contribution in [3.8, 4) is 5.75 Å². The predicted molar refractivity (Wildman–Crippen MR) is 166 cm³/mol. The molecular formula is C34H46N2O11. The van der Waals surface area contributed by atoms with Crippen LogP contribution in [0.25, 0.3) is 0 Å². The zero-order valence-electron chi connectivity index (χ0n) is 28.3. The van der Waals surface area contributed by atoms with Gasteiger partial charge in [0.25, 0.3) is 0 Å². The number of likely N-dealkylation sites (tertiary alicyclic amines) is 1. The molecule has 2 heterocycles. The molecule has 6 atom stereocenters. The maximum Gasteiger partial charge on any atom is 0.408 e. The third kappa shape index (κ3) is 6.32. The van der Waals surface area contributed by atoms with Gasteiger partial charge < -0.3 is 44.1 Å². The normalized spacial score (nSPS) is 27.3. The Hall–Kier alpha value is -3.68. The molecule has 2 bridgehead atoms. The van der Waals surface area contributed by atoms with Crippen LogP contribution < -0.4 is 10.1 Å². The summed E-state index contributed by atoms with van der Waals surface area (Å²) >= 11 is 0. The van der Waals surface area contributed by atoms with Gasteiger partial charge in [-0.2, -0.15) is 0 Å². The lowest BCUT2D eigenvalue weighted by molar-refractivity contribution is -0.176. The molecule has 2 aliphatic heterocycles.